The van der Waals surface area contributed by atoms with Crippen molar-refractivity contribution in [3.63, 3.8) is 0 Å². The Bertz CT molecular complexity index is 997. The number of benzene rings is 2. The third kappa shape index (κ3) is 3.75. The number of halogens is 1. The Morgan fingerprint density at radius 1 is 1.19 bits per heavy atom. The lowest BCUT2D eigenvalue weighted by molar-refractivity contribution is 0.414. The Hall–Kier alpha value is -3.12. The second kappa shape index (κ2) is 7.84. The molecule has 3 aromatic rings. The van der Waals surface area contributed by atoms with Crippen molar-refractivity contribution in [3.05, 3.63) is 81.2 Å². The van der Waals surface area contributed by atoms with Gasteiger partial charge in [0.15, 0.2) is 0 Å². The summed E-state index contributed by atoms with van der Waals surface area (Å²) >= 11 is 6.19. The minimum absolute atomic E-state index is 0.0118. The van der Waals surface area contributed by atoms with Gasteiger partial charge < -0.3 is 4.74 Å². The summed E-state index contributed by atoms with van der Waals surface area (Å²) in [5.41, 5.74) is 5.32. The van der Waals surface area contributed by atoms with Crippen LogP contribution in [0.2, 0.25) is 5.02 Å². The van der Waals surface area contributed by atoms with E-state index in [-0.39, 0.29) is 5.02 Å². The molecule has 6 nitrogen and oxygen atoms in total. The molecule has 1 N–H and O–H groups in total. The molecule has 3 rings (SSSR count). The first-order valence-corrected chi connectivity index (χ1v) is 8.25. The van der Waals surface area contributed by atoms with Crippen molar-refractivity contribution in [2.75, 3.05) is 12.5 Å². The van der Waals surface area contributed by atoms with Gasteiger partial charge in [-0.15, -0.1) is 0 Å². The van der Waals surface area contributed by atoms with Crippen molar-refractivity contribution in [3.8, 4) is 11.4 Å². The normalized spacial score (nSPS) is 10.9. The monoisotopic (exact) mass is 368 g/mol. The van der Waals surface area contributed by atoms with Crippen LogP contribution in [0.15, 0.2) is 64.6 Å². The van der Waals surface area contributed by atoms with Crippen molar-refractivity contribution < 1.29 is 4.74 Å². The van der Waals surface area contributed by atoms with Gasteiger partial charge in [0.2, 0.25) is 0 Å². The van der Waals surface area contributed by atoms with Gasteiger partial charge in [0.05, 0.1) is 25.2 Å². The van der Waals surface area contributed by atoms with E-state index in [1.165, 1.54) is 10.9 Å². The van der Waals surface area contributed by atoms with Crippen molar-refractivity contribution in [2.45, 2.75) is 6.92 Å². The smallest absolute Gasteiger partial charge is 0.292 e. The Morgan fingerprint density at radius 3 is 2.62 bits per heavy atom. The highest BCUT2D eigenvalue weighted by molar-refractivity contribution is 6.32. The lowest BCUT2D eigenvalue weighted by Crippen LogP contribution is -2.22. The van der Waals surface area contributed by atoms with Crippen LogP contribution in [0.4, 0.5) is 5.69 Å². The number of nitrogens with one attached hydrogen (secondary N) is 1. The maximum Gasteiger partial charge on any atom is 0.292 e. The van der Waals surface area contributed by atoms with Crippen molar-refractivity contribution in [2.24, 2.45) is 5.10 Å². The molecule has 0 fully saturated rings. The number of aryl methyl sites for hydroxylation is 1. The quantitative estimate of drug-likeness (QED) is 0.551. The van der Waals surface area contributed by atoms with Gasteiger partial charge in [0, 0.05) is 0 Å². The van der Waals surface area contributed by atoms with Crippen LogP contribution in [-0.4, -0.2) is 23.1 Å². The average molecular weight is 369 g/mol. The molecule has 26 heavy (non-hydrogen) atoms. The number of hydrogen-bond donors (Lipinski definition) is 1. The first-order chi connectivity index (χ1) is 12.6. The Balaban J connectivity index is 1.83. The standard InChI is InChI=1S/C19H17ClN4O2/c1-13-5-3-4-6-14(13)11-21-23-17-12-22-24(19(25)18(17)20)15-7-9-16(26-2)10-8-15/h3-12,23H,1-2H3/b21-11-. The molecule has 132 valence electrons. The lowest BCUT2D eigenvalue weighted by atomic mass is 10.1. The van der Waals surface area contributed by atoms with Crippen LogP contribution in [0.5, 0.6) is 5.75 Å². The van der Waals surface area contributed by atoms with Gasteiger partial charge in [0.1, 0.15) is 16.5 Å². The van der Waals surface area contributed by atoms with Gasteiger partial charge in [-0.1, -0.05) is 35.9 Å². The predicted molar refractivity (Wildman–Crippen MR) is 104 cm³/mol. The number of hydrogen-bond acceptors (Lipinski definition) is 5. The van der Waals surface area contributed by atoms with E-state index in [1.807, 2.05) is 31.2 Å². The van der Waals surface area contributed by atoms with Crippen LogP contribution >= 0.6 is 11.6 Å². The number of ether oxygens (including phenoxy) is 1. The molecule has 0 amide bonds. The van der Waals surface area contributed by atoms with Gasteiger partial charge in [-0.25, -0.2) is 0 Å². The van der Waals surface area contributed by atoms with Crippen LogP contribution in [0.25, 0.3) is 5.69 Å². The minimum atomic E-state index is -0.437. The van der Waals surface area contributed by atoms with E-state index in [0.29, 0.717) is 17.1 Å². The van der Waals surface area contributed by atoms with Crippen molar-refractivity contribution >= 4 is 23.5 Å². The summed E-state index contributed by atoms with van der Waals surface area (Å²) < 4.78 is 6.33. The highest BCUT2D eigenvalue weighted by atomic mass is 35.5. The molecule has 7 heteroatoms. The zero-order valence-corrected chi connectivity index (χ0v) is 15.1. The van der Waals surface area contributed by atoms with E-state index in [1.54, 1.807) is 37.6 Å². The molecule has 0 aliphatic carbocycles. The first kappa shape index (κ1) is 17.7. The molecule has 0 spiro atoms. The van der Waals surface area contributed by atoms with E-state index in [9.17, 15) is 4.79 Å². The Kier molecular flexibility index (Phi) is 5.34. The zero-order chi connectivity index (χ0) is 18.5. The summed E-state index contributed by atoms with van der Waals surface area (Å²) in [6, 6.07) is 14.8. The average Bonchev–Trinajstić information content (AvgIpc) is 2.67. The Labute approximate surface area is 155 Å². The number of hydrazone groups is 1. The topological polar surface area (TPSA) is 68.5 Å². The van der Waals surface area contributed by atoms with Crippen LogP contribution in [-0.2, 0) is 0 Å². The summed E-state index contributed by atoms with van der Waals surface area (Å²) in [4.78, 5) is 12.5. The van der Waals surface area contributed by atoms with E-state index < -0.39 is 5.56 Å². The first-order valence-electron chi connectivity index (χ1n) is 7.87. The lowest BCUT2D eigenvalue weighted by Gasteiger charge is -2.08. The summed E-state index contributed by atoms with van der Waals surface area (Å²) in [6.07, 6.45) is 3.13. The maximum absolute atomic E-state index is 12.5. The molecule has 0 radical (unpaired) electrons. The molecule has 0 saturated carbocycles. The molecule has 0 bridgehead atoms. The summed E-state index contributed by atoms with van der Waals surface area (Å²) in [6.45, 7) is 1.99. The fourth-order valence-corrected chi connectivity index (χ4v) is 2.49. The fraction of sp³-hybridized carbons (Fsp3) is 0.105. The SMILES string of the molecule is COc1ccc(-n2ncc(N/N=C\c3ccccc3C)c(Cl)c2=O)cc1. The van der Waals surface area contributed by atoms with Crippen molar-refractivity contribution in [1.82, 2.24) is 9.78 Å². The molecule has 0 unspecified atom stereocenters. The van der Waals surface area contributed by atoms with Gasteiger partial charge in [-0.3, -0.25) is 10.2 Å². The largest absolute Gasteiger partial charge is 0.497 e. The summed E-state index contributed by atoms with van der Waals surface area (Å²) in [5, 5.41) is 8.30. The molecule has 0 aliphatic heterocycles. The van der Waals surface area contributed by atoms with Crippen LogP contribution in [0.3, 0.4) is 0 Å². The maximum atomic E-state index is 12.5. The number of methoxy groups -OCH3 is 1. The van der Waals surface area contributed by atoms with Crippen molar-refractivity contribution in [1.29, 1.82) is 0 Å². The molecule has 1 heterocycles. The Morgan fingerprint density at radius 2 is 1.92 bits per heavy atom. The molecule has 0 saturated heterocycles. The van der Waals surface area contributed by atoms with E-state index in [0.717, 1.165) is 11.1 Å². The number of rotatable bonds is 5. The fourth-order valence-electron chi connectivity index (χ4n) is 2.32. The minimum Gasteiger partial charge on any atom is -0.497 e. The van der Waals surface area contributed by atoms with Crippen LogP contribution in [0.1, 0.15) is 11.1 Å². The number of anilines is 1. The predicted octanol–water partition coefficient (Wildman–Crippen LogP) is 3.65. The molecule has 0 atom stereocenters. The molecule has 0 aliphatic rings. The number of aromatic nitrogens is 2. The summed E-state index contributed by atoms with van der Waals surface area (Å²) in [5.74, 6) is 0.691. The highest BCUT2D eigenvalue weighted by Gasteiger charge is 2.10. The van der Waals surface area contributed by atoms with Gasteiger partial charge in [-0.2, -0.15) is 14.9 Å². The third-order valence-corrected chi connectivity index (χ3v) is 4.18. The van der Waals surface area contributed by atoms with Gasteiger partial charge in [-0.05, 0) is 42.3 Å². The van der Waals surface area contributed by atoms with Crippen LogP contribution in [0, 0.1) is 6.92 Å². The molecular formula is C19H17ClN4O2. The second-order valence-corrected chi connectivity index (χ2v) is 5.89. The van der Waals surface area contributed by atoms with Gasteiger partial charge >= 0.3 is 0 Å². The second-order valence-electron chi connectivity index (χ2n) is 5.51. The molecular weight excluding hydrogens is 352 g/mol. The van der Waals surface area contributed by atoms with Crippen LogP contribution < -0.4 is 15.7 Å². The molecule has 1 aromatic heterocycles. The van der Waals surface area contributed by atoms with E-state index >= 15 is 0 Å². The number of nitrogens with zero attached hydrogens (tertiary/aromatic N) is 3. The highest BCUT2D eigenvalue weighted by Crippen LogP contribution is 2.18. The third-order valence-electron chi connectivity index (χ3n) is 3.81. The summed E-state index contributed by atoms with van der Waals surface area (Å²) in [7, 11) is 1.58. The van der Waals surface area contributed by atoms with E-state index in [4.69, 9.17) is 16.3 Å². The van der Waals surface area contributed by atoms with E-state index in [2.05, 4.69) is 15.6 Å². The molecule has 2 aromatic carbocycles. The zero-order valence-electron chi connectivity index (χ0n) is 14.3. The van der Waals surface area contributed by atoms with Gasteiger partial charge in [0.25, 0.3) is 5.56 Å².